The fraction of sp³-hybridized carbons (Fsp3) is 0.0769. The first-order chi connectivity index (χ1) is 9.63. The van der Waals surface area contributed by atoms with Crippen LogP contribution < -0.4 is 20.5 Å². The van der Waals surface area contributed by atoms with Gasteiger partial charge in [-0.2, -0.15) is 0 Å². The lowest BCUT2D eigenvalue weighted by molar-refractivity contribution is 0.102. The molecule has 0 radical (unpaired) electrons. The monoisotopic (exact) mass is 335 g/mol. The number of nitrogens with one attached hydrogen (secondary N) is 1. The van der Waals surface area contributed by atoms with Gasteiger partial charge in [-0.05, 0) is 40.2 Å². The summed E-state index contributed by atoms with van der Waals surface area (Å²) in [6.07, 6.45) is 1.47. The summed E-state index contributed by atoms with van der Waals surface area (Å²) < 4.78 is 11.0. The number of carbonyl (C=O) groups excluding carboxylic acids is 1. The molecular weight excluding hydrogens is 326 g/mol. The minimum absolute atomic E-state index is 0.172. The van der Waals surface area contributed by atoms with E-state index < -0.39 is 0 Å². The molecule has 1 aromatic carbocycles. The Bertz CT molecular complexity index is 691. The maximum absolute atomic E-state index is 12.2. The molecule has 0 saturated heterocycles. The van der Waals surface area contributed by atoms with E-state index in [4.69, 9.17) is 15.2 Å². The van der Waals surface area contributed by atoms with Crippen LogP contribution in [0.15, 0.2) is 34.9 Å². The number of rotatable bonds is 2. The quantitative estimate of drug-likeness (QED) is 0.879. The highest BCUT2D eigenvalue weighted by atomic mass is 79.9. The van der Waals surface area contributed by atoms with E-state index in [0.29, 0.717) is 33.0 Å². The van der Waals surface area contributed by atoms with Gasteiger partial charge in [0.1, 0.15) is 5.82 Å². The number of fused-ring (bicyclic) bond motifs is 1. The first-order valence-electron chi connectivity index (χ1n) is 5.75. The van der Waals surface area contributed by atoms with Gasteiger partial charge in [0.25, 0.3) is 5.91 Å². The number of nitrogens with two attached hydrogens (primary N) is 1. The van der Waals surface area contributed by atoms with Crippen molar-refractivity contribution in [3.8, 4) is 11.5 Å². The summed E-state index contributed by atoms with van der Waals surface area (Å²) in [6.45, 7) is 0.172. The van der Waals surface area contributed by atoms with E-state index >= 15 is 0 Å². The predicted octanol–water partition coefficient (Wildman–Crippen LogP) is 2.41. The highest BCUT2D eigenvalue weighted by Gasteiger charge is 2.17. The number of carbonyl (C=O) groups is 1. The van der Waals surface area contributed by atoms with Gasteiger partial charge in [0.2, 0.25) is 6.79 Å². The molecule has 2 heterocycles. The molecule has 0 unspecified atom stereocenters. The molecule has 7 heteroatoms. The predicted molar refractivity (Wildman–Crippen MR) is 76.9 cm³/mol. The number of aromatic nitrogens is 1. The minimum Gasteiger partial charge on any atom is -0.454 e. The summed E-state index contributed by atoms with van der Waals surface area (Å²) in [6, 6.07) is 6.65. The third-order valence-electron chi connectivity index (χ3n) is 2.73. The average molecular weight is 336 g/mol. The molecule has 102 valence electrons. The smallest absolute Gasteiger partial charge is 0.256 e. The van der Waals surface area contributed by atoms with E-state index in [1.165, 1.54) is 6.20 Å². The molecule has 0 spiro atoms. The molecule has 1 aromatic heterocycles. The highest BCUT2D eigenvalue weighted by molar-refractivity contribution is 9.10. The maximum atomic E-state index is 12.2. The van der Waals surface area contributed by atoms with Crippen molar-refractivity contribution in [2.24, 2.45) is 0 Å². The van der Waals surface area contributed by atoms with Crippen LogP contribution in [0.2, 0.25) is 0 Å². The summed E-state index contributed by atoms with van der Waals surface area (Å²) in [5.74, 6) is 1.30. The van der Waals surface area contributed by atoms with Crippen molar-refractivity contribution in [1.82, 2.24) is 4.98 Å². The van der Waals surface area contributed by atoms with E-state index in [1.807, 2.05) is 0 Å². The Morgan fingerprint density at radius 2 is 2.10 bits per heavy atom. The molecule has 3 N–H and O–H groups in total. The highest BCUT2D eigenvalue weighted by Crippen LogP contribution is 2.32. The average Bonchev–Trinajstić information content (AvgIpc) is 2.89. The van der Waals surface area contributed by atoms with Gasteiger partial charge in [-0.3, -0.25) is 4.79 Å². The lowest BCUT2D eigenvalue weighted by Crippen LogP contribution is -2.13. The van der Waals surface area contributed by atoms with Crippen LogP contribution in [-0.2, 0) is 0 Å². The fourth-order valence-electron chi connectivity index (χ4n) is 1.76. The van der Waals surface area contributed by atoms with Crippen molar-refractivity contribution in [3.63, 3.8) is 0 Å². The van der Waals surface area contributed by atoms with Crippen molar-refractivity contribution in [3.05, 3.63) is 40.5 Å². The Morgan fingerprint density at radius 3 is 2.90 bits per heavy atom. The molecule has 3 rings (SSSR count). The van der Waals surface area contributed by atoms with Crippen LogP contribution in [0.1, 0.15) is 10.4 Å². The summed E-state index contributed by atoms with van der Waals surface area (Å²) in [4.78, 5) is 16.2. The molecule has 20 heavy (non-hydrogen) atoms. The van der Waals surface area contributed by atoms with Gasteiger partial charge in [-0.15, -0.1) is 0 Å². The van der Waals surface area contributed by atoms with Gasteiger partial charge < -0.3 is 20.5 Å². The van der Waals surface area contributed by atoms with E-state index in [2.05, 4.69) is 26.2 Å². The van der Waals surface area contributed by atoms with Gasteiger partial charge >= 0.3 is 0 Å². The second kappa shape index (κ2) is 5.01. The Balaban J connectivity index is 1.82. The zero-order chi connectivity index (χ0) is 14.1. The summed E-state index contributed by atoms with van der Waals surface area (Å²) in [7, 11) is 0. The molecule has 1 aliphatic rings. The largest absolute Gasteiger partial charge is 0.454 e. The normalized spacial score (nSPS) is 12.2. The Labute approximate surface area is 123 Å². The van der Waals surface area contributed by atoms with Crippen LogP contribution >= 0.6 is 15.9 Å². The third-order valence-corrected chi connectivity index (χ3v) is 3.33. The van der Waals surface area contributed by atoms with Crippen molar-refractivity contribution < 1.29 is 14.3 Å². The van der Waals surface area contributed by atoms with Crippen molar-refractivity contribution in [2.75, 3.05) is 17.8 Å². The number of ether oxygens (including phenoxy) is 2. The molecule has 1 aliphatic heterocycles. The Hall–Kier alpha value is -2.28. The molecule has 0 bridgehead atoms. The third kappa shape index (κ3) is 2.39. The van der Waals surface area contributed by atoms with Gasteiger partial charge in [0.05, 0.1) is 16.4 Å². The summed E-state index contributed by atoms with van der Waals surface area (Å²) in [5, 5.41) is 2.70. The Morgan fingerprint density at radius 1 is 1.30 bits per heavy atom. The first-order valence-corrected chi connectivity index (χ1v) is 6.55. The number of nitrogen functional groups attached to an aromatic ring is 1. The van der Waals surface area contributed by atoms with Gasteiger partial charge in [0.15, 0.2) is 11.5 Å². The molecule has 0 fully saturated rings. The summed E-state index contributed by atoms with van der Waals surface area (Å²) >= 11 is 3.30. The number of hydrogen-bond donors (Lipinski definition) is 2. The van der Waals surface area contributed by atoms with Crippen LogP contribution in [0.3, 0.4) is 0 Å². The van der Waals surface area contributed by atoms with E-state index in [-0.39, 0.29) is 12.7 Å². The van der Waals surface area contributed by atoms with Crippen LogP contribution in [0.4, 0.5) is 11.5 Å². The van der Waals surface area contributed by atoms with Gasteiger partial charge in [-0.1, -0.05) is 0 Å². The zero-order valence-electron chi connectivity index (χ0n) is 10.2. The van der Waals surface area contributed by atoms with Crippen molar-refractivity contribution in [2.45, 2.75) is 0 Å². The van der Waals surface area contributed by atoms with Crippen LogP contribution in [0.25, 0.3) is 0 Å². The number of halogens is 1. The molecular formula is C13H10BrN3O3. The van der Waals surface area contributed by atoms with Crippen LogP contribution in [0, 0.1) is 0 Å². The number of anilines is 2. The first kappa shape index (κ1) is 12.7. The number of amides is 1. The molecule has 1 amide bonds. The standard InChI is InChI=1S/C13H10BrN3O3/c14-9-4-8(15)5-16-12(9)17-13(18)7-1-2-10-11(3-7)20-6-19-10/h1-5H,6,15H2,(H,16,17,18). The molecule has 2 aromatic rings. The summed E-state index contributed by atoms with van der Waals surface area (Å²) in [5.41, 5.74) is 6.57. The second-order valence-electron chi connectivity index (χ2n) is 4.12. The fourth-order valence-corrected chi connectivity index (χ4v) is 2.23. The minimum atomic E-state index is -0.290. The van der Waals surface area contributed by atoms with Crippen LogP contribution in [-0.4, -0.2) is 17.7 Å². The maximum Gasteiger partial charge on any atom is 0.256 e. The van der Waals surface area contributed by atoms with Crippen molar-refractivity contribution in [1.29, 1.82) is 0 Å². The van der Waals surface area contributed by atoms with Gasteiger partial charge in [0, 0.05) is 5.56 Å². The van der Waals surface area contributed by atoms with E-state index in [1.54, 1.807) is 24.3 Å². The number of pyridine rings is 1. The van der Waals surface area contributed by atoms with E-state index in [9.17, 15) is 4.79 Å². The number of benzene rings is 1. The van der Waals surface area contributed by atoms with E-state index in [0.717, 1.165) is 0 Å². The molecule has 0 aliphatic carbocycles. The lowest BCUT2D eigenvalue weighted by atomic mass is 10.2. The molecule has 0 atom stereocenters. The van der Waals surface area contributed by atoms with Crippen molar-refractivity contribution >= 4 is 33.3 Å². The van der Waals surface area contributed by atoms with Crippen LogP contribution in [0.5, 0.6) is 11.5 Å². The second-order valence-corrected chi connectivity index (χ2v) is 4.98. The van der Waals surface area contributed by atoms with Gasteiger partial charge in [-0.25, -0.2) is 4.98 Å². The topological polar surface area (TPSA) is 86.5 Å². The Kier molecular flexibility index (Phi) is 3.19. The number of nitrogens with zero attached hydrogens (tertiary/aromatic N) is 1. The lowest BCUT2D eigenvalue weighted by Gasteiger charge is -2.07. The SMILES string of the molecule is Nc1cnc(NC(=O)c2ccc3c(c2)OCO3)c(Br)c1. The number of hydrogen-bond acceptors (Lipinski definition) is 5. The molecule has 6 nitrogen and oxygen atoms in total. The molecule has 0 saturated carbocycles. The zero-order valence-corrected chi connectivity index (χ0v) is 11.8.